The molecule has 0 aromatic heterocycles. The molecule has 1 aliphatic rings. The van der Waals surface area contributed by atoms with Crippen molar-refractivity contribution in [3.63, 3.8) is 0 Å². The SMILES string of the molecule is COc1ccc(OC)c(C(=O)OOOC(=O)OC2CCC(C(C)(C)C)CC2)c1. The molecule has 0 amide bonds. The Hall–Kier alpha value is -2.48. The maximum absolute atomic E-state index is 12.1. The summed E-state index contributed by atoms with van der Waals surface area (Å²) in [4.78, 5) is 32.7. The Bertz CT molecular complexity index is 671. The van der Waals surface area contributed by atoms with Gasteiger partial charge in [-0.2, -0.15) is 0 Å². The first-order valence-corrected chi connectivity index (χ1v) is 9.22. The molecule has 0 heterocycles. The zero-order valence-corrected chi connectivity index (χ0v) is 17.0. The summed E-state index contributed by atoms with van der Waals surface area (Å²) in [5.41, 5.74) is 0.295. The predicted octanol–water partition coefficient (Wildman–Crippen LogP) is 4.47. The van der Waals surface area contributed by atoms with Crippen LogP contribution in [-0.4, -0.2) is 32.4 Å². The van der Waals surface area contributed by atoms with Crippen LogP contribution in [0.2, 0.25) is 0 Å². The van der Waals surface area contributed by atoms with Gasteiger partial charge in [-0.05, 0) is 55.2 Å². The van der Waals surface area contributed by atoms with E-state index < -0.39 is 12.1 Å². The van der Waals surface area contributed by atoms with Crippen LogP contribution in [0.1, 0.15) is 56.8 Å². The molecule has 1 saturated carbocycles. The first-order valence-electron chi connectivity index (χ1n) is 9.22. The summed E-state index contributed by atoms with van der Waals surface area (Å²) in [5, 5.41) is 4.28. The van der Waals surface area contributed by atoms with E-state index in [1.165, 1.54) is 20.3 Å². The smallest absolute Gasteiger partial charge is 0.497 e. The lowest BCUT2D eigenvalue weighted by Gasteiger charge is -2.36. The Morgan fingerprint density at radius 1 is 0.964 bits per heavy atom. The van der Waals surface area contributed by atoms with Crippen molar-refractivity contribution in [3.05, 3.63) is 23.8 Å². The first kappa shape index (κ1) is 21.8. The third-order valence-corrected chi connectivity index (χ3v) is 5.00. The number of benzene rings is 1. The second-order valence-corrected chi connectivity index (χ2v) is 7.80. The number of carbonyl (C=O) groups excluding carboxylic acids is 2. The maximum atomic E-state index is 12.1. The number of rotatable bonds is 6. The molecule has 0 unspecified atom stereocenters. The van der Waals surface area contributed by atoms with Crippen LogP contribution in [0.15, 0.2) is 18.2 Å². The van der Waals surface area contributed by atoms with Gasteiger partial charge in [0.15, 0.2) is 0 Å². The lowest BCUT2D eigenvalue weighted by Crippen LogP contribution is -2.30. The summed E-state index contributed by atoms with van der Waals surface area (Å²) in [7, 11) is 2.86. The third kappa shape index (κ3) is 6.02. The molecule has 8 nitrogen and oxygen atoms in total. The van der Waals surface area contributed by atoms with Crippen LogP contribution in [0, 0.1) is 11.3 Å². The number of methoxy groups -OCH3 is 2. The highest BCUT2D eigenvalue weighted by atomic mass is 17.5. The summed E-state index contributed by atoms with van der Waals surface area (Å²) in [5.74, 6) is 0.374. The van der Waals surface area contributed by atoms with Crippen LogP contribution in [-0.2, 0) is 19.6 Å². The number of hydrogen-bond donors (Lipinski definition) is 0. The van der Waals surface area contributed by atoms with Gasteiger partial charge in [-0.1, -0.05) is 20.8 Å². The molecular weight excluding hydrogens is 368 g/mol. The highest BCUT2D eigenvalue weighted by Gasteiger charge is 2.31. The number of ether oxygens (including phenoxy) is 3. The Labute approximate surface area is 164 Å². The van der Waals surface area contributed by atoms with E-state index in [2.05, 4.69) is 35.6 Å². The van der Waals surface area contributed by atoms with Crippen molar-refractivity contribution in [3.8, 4) is 11.5 Å². The molecule has 156 valence electrons. The van der Waals surface area contributed by atoms with E-state index in [0.717, 1.165) is 25.7 Å². The quantitative estimate of drug-likeness (QED) is 0.395. The molecule has 0 spiro atoms. The van der Waals surface area contributed by atoms with Gasteiger partial charge >= 0.3 is 12.1 Å². The fourth-order valence-corrected chi connectivity index (χ4v) is 3.30. The highest BCUT2D eigenvalue weighted by molar-refractivity contribution is 5.92. The molecular formula is C20H28O8. The van der Waals surface area contributed by atoms with Gasteiger partial charge in [0.1, 0.15) is 23.2 Å². The van der Waals surface area contributed by atoms with Crippen LogP contribution in [0.3, 0.4) is 0 Å². The normalized spacial score (nSPS) is 19.5. The molecule has 28 heavy (non-hydrogen) atoms. The summed E-state index contributed by atoms with van der Waals surface area (Å²) in [6.07, 6.45) is 2.20. The molecule has 1 fully saturated rings. The topological polar surface area (TPSA) is 89.5 Å². The molecule has 1 aromatic carbocycles. The minimum absolute atomic E-state index is 0.0549. The van der Waals surface area contributed by atoms with Gasteiger partial charge in [-0.15, -0.1) is 0 Å². The minimum Gasteiger partial charge on any atom is -0.497 e. The van der Waals surface area contributed by atoms with E-state index in [9.17, 15) is 9.59 Å². The molecule has 0 N–H and O–H groups in total. The van der Waals surface area contributed by atoms with Gasteiger partial charge in [-0.25, -0.2) is 14.5 Å². The Morgan fingerprint density at radius 2 is 1.64 bits per heavy atom. The molecule has 8 heteroatoms. The van der Waals surface area contributed by atoms with Crippen molar-refractivity contribution in [2.45, 2.75) is 52.6 Å². The van der Waals surface area contributed by atoms with Crippen LogP contribution in [0.4, 0.5) is 4.79 Å². The molecule has 0 aliphatic heterocycles. The third-order valence-electron chi connectivity index (χ3n) is 5.00. The average Bonchev–Trinajstić information content (AvgIpc) is 2.67. The van der Waals surface area contributed by atoms with E-state index in [4.69, 9.17) is 14.2 Å². The van der Waals surface area contributed by atoms with Gasteiger partial charge in [0.25, 0.3) is 0 Å². The Morgan fingerprint density at radius 3 is 2.21 bits per heavy atom. The summed E-state index contributed by atoms with van der Waals surface area (Å²) in [6, 6.07) is 4.58. The van der Waals surface area contributed by atoms with Crippen molar-refractivity contribution in [1.82, 2.24) is 0 Å². The lowest BCUT2D eigenvalue weighted by atomic mass is 9.72. The van der Waals surface area contributed by atoms with Crippen molar-refractivity contribution in [2.75, 3.05) is 14.2 Å². The van der Waals surface area contributed by atoms with E-state index in [-0.39, 0.29) is 22.8 Å². The fraction of sp³-hybridized carbons (Fsp3) is 0.600. The van der Waals surface area contributed by atoms with Crippen LogP contribution >= 0.6 is 0 Å². The first-order chi connectivity index (χ1) is 13.2. The van der Waals surface area contributed by atoms with Crippen LogP contribution in [0.5, 0.6) is 11.5 Å². The molecule has 0 saturated heterocycles. The second-order valence-electron chi connectivity index (χ2n) is 7.80. The summed E-state index contributed by atoms with van der Waals surface area (Å²) < 4.78 is 15.3. The van der Waals surface area contributed by atoms with Gasteiger partial charge in [0.05, 0.1) is 19.3 Å². The fourth-order valence-electron chi connectivity index (χ4n) is 3.30. The molecule has 2 rings (SSSR count). The van der Waals surface area contributed by atoms with Crippen molar-refractivity contribution < 1.29 is 38.6 Å². The molecule has 0 bridgehead atoms. The van der Waals surface area contributed by atoms with E-state index in [1.54, 1.807) is 12.1 Å². The molecule has 1 aromatic rings. The zero-order valence-electron chi connectivity index (χ0n) is 17.0. The Kier molecular flexibility index (Phi) is 7.51. The zero-order chi connectivity index (χ0) is 20.7. The van der Waals surface area contributed by atoms with Crippen molar-refractivity contribution in [2.24, 2.45) is 11.3 Å². The van der Waals surface area contributed by atoms with Gasteiger partial charge in [0, 0.05) is 0 Å². The number of carbonyl (C=O) groups is 2. The van der Waals surface area contributed by atoms with Gasteiger partial charge in [-0.3, -0.25) is 4.89 Å². The van der Waals surface area contributed by atoms with E-state index in [1.807, 2.05) is 0 Å². The van der Waals surface area contributed by atoms with Crippen LogP contribution in [0.25, 0.3) is 0 Å². The van der Waals surface area contributed by atoms with E-state index in [0.29, 0.717) is 11.7 Å². The largest absolute Gasteiger partial charge is 0.543 e. The molecule has 0 radical (unpaired) electrons. The highest BCUT2D eigenvalue weighted by Crippen LogP contribution is 2.38. The molecule has 0 atom stereocenters. The second kappa shape index (κ2) is 9.64. The van der Waals surface area contributed by atoms with Gasteiger partial charge in [0.2, 0.25) is 0 Å². The number of hydrogen-bond acceptors (Lipinski definition) is 8. The van der Waals surface area contributed by atoms with Crippen LogP contribution < -0.4 is 9.47 Å². The average molecular weight is 396 g/mol. The lowest BCUT2D eigenvalue weighted by molar-refractivity contribution is -0.453. The van der Waals surface area contributed by atoms with Crippen molar-refractivity contribution in [1.29, 1.82) is 0 Å². The standard InChI is InChI=1S/C20H28O8/c1-20(2,3)13-6-8-14(9-7-13)25-19(22)27-28-26-18(21)16-12-15(23-4)10-11-17(16)24-5/h10-14H,6-9H2,1-5H3. The summed E-state index contributed by atoms with van der Waals surface area (Å²) >= 11 is 0. The maximum Gasteiger partial charge on any atom is 0.543 e. The van der Waals surface area contributed by atoms with Crippen molar-refractivity contribution >= 4 is 12.1 Å². The summed E-state index contributed by atoms with van der Waals surface area (Å²) in [6.45, 7) is 6.64. The Balaban J connectivity index is 1.76. The predicted molar refractivity (Wildman–Crippen MR) is 98.8 cm³/mol. The minimum atomic E-state index is -1.05. The monoisotopic (exact) mass is 396 g/mol. The van der Waals surface area contributed by atoms with E-state index >= 15 is 0 Å². The van der Waals surface area contributed by atoms with Gasteiger partial charge < -0.3 is 14.2 Å². The molecule has 1 aliphatic carbocycles.